The number of rotatable bonds is 8. The fraction of sp³-hybridized carbons (Fsp3) is 0.917. The molecular formula is C12H26N2O2. The van der Waals surface area contributed by atoms with E-state index in [1.54, 1.807) is 7.11 Å². The average molecular weight is 230 g/mol. The summed E-state index contributed by atoms with van der Waals surface area (Å²) in [6.45, 7) is 6.91. The summed E-state index contributed by atoms with van der Waals surface area (Å²) < 4.78 is 5.09. The van der Waals surface area contributed by atoms with Crippen molar-refractivity contribution in [2.45, 2.75) is 46.1 Å². The largest absolute Gasteiger partial charge is 0.383 e. The van der Waals surface area contributed by atoms with Gasteiger partial charge >= 0.3 is 0 Å². The smallest absolute Gasteiger partial charge is 0.227 e. The summed E-state index contributed by atoms with van der Waals surface area (Å²) in [5.74, 6) is 0.0352. The summed E-state index contributed by atoms with van der Waals surface area (Å²) in [6.07, 6.45) is 2.71. The van der Waals surface area contributed by atoms with Crippen molar-refractivity contribution < 1.29 is 9.53 Å². The van der Waals surface area contributed by atoms with E-state index in [0.717, 1.165) is 19.3 Å². The van der Waals surface area contributed by atoms with Crippen molar-refractivity contribution in [2.24, 2.45) is 11.1 Å². The second-order valence-corrected chi connectivity index (χ2v) is 4.53. The van der Waals surface area contributed by atoms with Crippen LogP contribution in [0.25, 0.3) is 0 Å². The highest BCUT2D eigenvalue weighted by molar-refractivity contribution is 5.82. The van der Waals surface area contributed by atoms with E-state index in [-0.39, 0.29) is 11.9 Å². The maximum Gasteiger partial charge on any atom is 0.227 e. The summed E-state index contributed by atoms with van der Waals surface area (Å²) >= 11 is 0. The van der Waals surface area contributed by atoms with E-state index in [9.17, 15) is 4.79 Å². The van der Waals surface area contributed by atoms with Gasteiger partial charge in [-0.05, 0) is 19.8 Å². The van der Waals surface area contributed by atoms with E-state index in [1.807, 2.05) is 13.8 Å². The highest BCUT2D eigenvalue weighted by Crippen LogP contribution is 2.19. The second kappa shape index (κ2) is 7.63. The van der Waals surface area contributed by atoms with Crippen LogP contribution in [0.15, 0.2) is 0 Å². The molecule has 0 aromatic rings. The van der Waals surface area contributed by atoms with Gasteiger partial charge in [-0.1, -0.05) is 20.3 Å². The molecule has 0 saturated heterocycles. The third-order valence-electron chi connectivity index (χ3n) is 3.12. The van der Waals surface area contributed by atoms with Crippen molar-refractivity contribution in [3.63, 3.8) is 0 Å². The van der Waals surface area contributed by atoms with Crippen molar-refractivity contribution in [1.82, 2.24) is 5.32 Å². The average Bonchev–Trinajstić information content (AvgIpc) is 2.28. The van der Waals surface area contributed by atoms with Crippen molar-refractivity contribution >= 4 is 5.91 Å². The molecule has 0 fully saturated rings. The molecule has 4 heteroatoms. The number of carbonyl (C=O) groups excluding carboxylic acids is 1. The fourth-order valence-electron chi connectivity index (χ4n) is 1.50. The number of hydrogen-bond acceptors (Lipinski definition) is 3. The fourth-order valence-corrected chi connectivity index (χ4v) is 1.50. The van der Waals surface area contributed by atoms with Crippen LogP contribution in [0.3, 0.4) is 0 Å². The lowest BCUT2D eigenvalue weighted by molar-refractivity contribution is -0.131. The quantitative estimate of drug-likeness (QED) is 0.660. The van der Waals surface area contributed by atoms with E-state index in [0.29, 0.717) is 13.2 Å². The Morgan fingerprint density at radius 1 is 1.50 bits per heavy atom. The normalized spacial score (nSPS) is 16.6. The molecule has 0 heterocycles. The molecule has 0 aliphatic heterocycles. The standard InChI is InChI=1S/C12H26N2O2/c1-5-7-10(8-16-4)14-11(15)12(3,6-2)9-13/h10H,5-9,13H2,1-4H3,(H,14,15). The van der Waals surface area contributed by atoms with Crippen molar-refractivity contribution in [1.29, 1.82) is 0 Å². The minimum Gasteiger partial charge on any atom is -0.383 e. The summed E-state index contributed by atoms with van der Waals surface area (Å²) in [5, 5.41) is 3.02. The monoisotopic (exact) mass is 230 g/mol. The first-order valence-corrected chi connectivity index (χ1v) is 6.04. The Hall–Kier alpha value is -0.610. The molecule has 16 heavy (non-hydrogen) atoms. The molecule has 0 saturated carbocycles. The molecule has 96 valence electrons. The van der Waals surface area contributed by atoms with E-state index >= 15 is 0 Å². The Kier molecular flexibility index (Phi) is 7.34. The first-order chi connectivity index (χ1) is 7.53. The lowest BCUT2D eigenvalue weighted by Crippen LogP contribution is -2.48. The number of nitrogens with two attached hydrogens (primary N) is 1. The molecule has 0 aliphatic carbocycles. The van der Waals surface area contributed by atoms with Gasteiger partial charge in [0.1, 0.15) is 0 Å². The van der Waals surface area contributed by atoms with Gasteiger partial charge < -0.3 is 15.8 Å². The lowest BCUT2D eigenvalue weighted by atomic mass is 9.86. The number of ether oxygens (including phenoxy) is 1. The molecule has 0 aliphatic rings. The molecule has 0 radical (unpaired) electrons. The SMILES string of the molecule is CCCC(COC)NC(=O)C(C)(CC)CN. The minimum atomic E-state index is -0.459. The van der Waals surface area contributed by atoms with E-state index < -0.39 is 5.41 Å². The van der Waals surface area contributed by atoms with Crippen LogP contribution in [0.2, 0.25) is 0 Å². The third-order valence-corrected chi connectivity index (χ3v) is 3.12. The number of methoxy groups -OCH3 is 1. The molecule has 0 aromatic heterocycles. The zero-order chi connectivity index (χ0) is 12.6. The van der Waals surface area contributed by atoms with E-state index in [2.05, 4.69) is 12.2 Å². The Balaban J connectivity index is 4.37. The van der Waals surface area contributed by atoms with Gasteiger partial charge in [-0.3, -0.25) is 4.79 Å². The minimum absolute atomic E-state index is 0.0352. The van der Waals surface area contributed by atoms with Gasteiger partial charge in [-0.25, -0.2) is 0 Å². The molecule has 1 amide bonds. The van der Waals surface area contributed by atoms with Gasteiger partial charge in [0.2, 0.25) is 5.91 Å². The molecule has 4 nitrogen and oxygen atoms in total. The summed E-state index contributed by atoms with van der Waals surface area (Å²) in [5.41, 5.74) is 5.19. The summed E-state index contributed by atoms with van der Waals surface area (Å²) in [4.78, 5) is 12.0. The van der Waals surface area contributed by atoms with Crippen LogP contribution in [-0.4, -0.2) is 32.2 Å². The van der Waals surface area contributed by atoms with E-state index in [1.165, 1.54) is 0 Å². The van der Waals surface area contributed by atoms with Crippen LogP contribution in [0.5, 0.6) is 0 Å². The van der Waals surface area contributed by atoms with Gasteiger partial charge in [-0.15, -0.1) is 0 Å². The topological polar surface area (TPSA) is 64.3 Å². The first-order valence-electron chi connectivity index (χ1n) is 6.04. The Bertz CT molecular complexity index is 197. The van der Waals surface area contributed by atoms with Gasteiger partial charge in [0.05, 0.1) is 18.1 Å². The van der Waals surface area contributed by atoms with Crippen LogP contribution in [-0.2, 0) is 9.53 Å². The first kappa shape index (κ1) is 15.4. The van der Waals surface area contributed by atoms with Gasteiger partial charge in [-0.2, -0.15) is 0 Å². The number of amides is 1. The molecule has 2 atom stereocenters. The molecule has 0 bridgehead atoms. The van der Waals surface area contributed by atoms with Crippen LogP contribution in [0, 0.1) is 5.41 Å². The van der Waals surface area contributed by atoms with Crippen LogP contribution < -0.4 is 11.1 Å². The molecule has 3 N–H and O–H groups in total. The summed E-state index contributed by atoms with van der Waals surface area (Å²) in [7, 11) is 1.65. The van der Waals surface area contributed by atoms with Gasteiger partial charge in [0.15, 0.2) is 0 Å². The van der Waals surface area contributed by atoms with Gasteiger partial charge in [0.25, 0.3) is 0 Å². The van der Waals surface area contributed by atoms with Crippen LogP contribution in [0.1, 0.15) is 40.0 Å². The zero-order valence-electron chi connectivity index (χ0n) is 11.0. The Morgan fingerprint density at radius 2 is 2.12 bits per heavy atom. The number of carbonyl (C=O) groups is 1. The van der Waals surface area contributed by atoms with Crippen LogP contribution >= 0.6 is 0 Å². The third kappa shape index (κ3) is 4.49. The molecular weight excluding hydrogens is 204 g/mol. The highest BCUT2D eigenvalue weighted by Gasteiger charge is 2.30. The van der Waals surface area contributed by atoms with Crippen LogP contribution in [0.4, 0.5) is 0 Å². The number of hydrogen-bond donors (Lipinski definition) is 2. The summed E-state index contributed by atoms with van der Waals surface area (Å²) in [6, 6.07) is 0.0972. The maximum atomic E-state index is 12.0. The van der Waals surface area contributed by atoms with Crippen molar-refractivity contribution in [3.8, 4) is 0 Å². The highest BCUT2D eigenvalue weighted by atomic mass is 16.5. The van der Waals surface area contributed by atoms with E-state index in [4.69, 9.17) is 10.5 Å². The Morgan fingerprint density at radius 3 is 2.50 bits per heavy atom. The van der Waals surface area contributed by atoms with Crippen molar-refractivity contribution in [3.05, 3.63) is 0 Å². The molecule has 0 aromatic carbocycles. The molecule has 0 spiro atoms. The predicted molar refractivity (Wildman–Crippen MR) is 66.2 cm³/mol. The predicted octanol–water partition coefficient (Wildman–Crippen LogP) is 1.29. The maximum absolute atomic E-state index is 12.0. The zero-order valence-corrected chi connectivity index (χ0v) is 11.0. The number of nitrogens with one attached hydrogen (secondary N) is 1. The molecule has 2 unspecified atom stereocenters. The Labute approximate surface area is 98.9 Å². The molecule has 0 rings (SSSR count). The van der Waals surface area contributed by atoms with Crippen molar-refractivity contribution in [2.75, 3.05) is 20.3 Å². The lowest BCUT2D eigenvalue weighted by Gasteiger charge is -2.28. The van der Waals surface area contributed by atoms with Gasteiger partial charge in [0, 0.05) is 13.7 Å². The second-order valence-electron chi connectivity index (χ2n) is 4.53.